The molecule has 1 rings (SSSR count). The lowest BCUT2D eigenvalue weighted by molar-refractivity contribution is 0.106. The van der Waals surface area contributed by atoms with Crippen LogP contribution in [-0.2, 0) is 4.84 Å². The highest BCUT2D eigenvalue weighted by Crippen LogP contribution is 2.37. The smallest absolute Gasteiger partial charge is 0.151 e. The summed E-state index contributed by atoms with van der Waals surface area (Å²) in [6.45, 7) is 8.79. The molecule has 0 heterocycles. The Morgan fingerprint density at radius 3 is 2.46 bits per heavy atom. The van der Waals surface area contributed by atoms with Gasteiger partial charge in [-0.2, -0.15) is 0 Å². The summed E-state index contributed by atoms with van der Waals surface area (Å²) in [6, 6.07) is 3.60. The van der Waals surface area contributed by atoms with Gasteiger partial charge in [-0.3, -0.25) is 0 Å². The van der Waals surface area contributed by atoms with Gasteiger partial charge in [0.15, 0.2) is 6.61 Å². The second-order valence-corrected chi connectivity index (χ2v) is 6.92. The number of benzene rings is 1. The van der Waals surface area contributed by atoms with Gasteiger partial charge in [0.1, 0.15) is 29.2 Å². The van der Waals surface area contributed by atoms with Gasteiger partial charge in [-0.15, -0.1) is 0 Å². The molecule has 24 heavy (non-hydrogen) atoms. The standard InChI is InChI=1S/C17H22Cl3NO3/c1-11(2)14-9-13(22-6-5-16(19)20)10-15(18)17(14)23-7-8-24-21-12(3)4/h5,9-11H,6-8H2,1-4H3. The van der Waals surface area contributed by atoms with Gasteiger partial charge in [-0.1, -0.05) is 53.8 Å². The number of rotatable bonds is 9. The maximum Gasteiger partial charge on any atom is 0.151 e. The first kappa shape index (κ1) is 20.9. The topological polar surface area (TPSA) is 40.0 Å². The van der Waals surface area contributed by atoms with Crippen LogP contribution < -0.4 is 9.47 Å². The quantitative estimate of drug-likeness (QED) is 0.295. The maximum atomic E-state index is 6.34. The van der Waals surface area contributed by atoms with Gasteiger partial charge in [-0.05, 0) is 31.9 Å². The summed E-state index contributed by atoms with van der Waals surface area (Å²) < 4.78 is 11.5. The SMILES string of the molecule is CC(C)=NOCCOc1c(Cl)cc(OCC=C(Cl)Cl)cc1C(C)C. The van der Waals surface area contributed by atoms with E-state index in [-0.39, 0.29) is 17.0 Å². The third-order valence-electron chi connectivity index (χ3n) is 2.82. The Balaban J connectivity index is 2.80. The van der Waals surface area contributed by atoms with Crippen molar-refractivity contribution in [3.8, 4) is 11.5 Å². The molecule has 0 amide bonds. The molecule has 0 aliphatic heterocycles. The highest BCUT2D eigenvalue weighted by molar-refractivity contribution is 6.55. The van der Waals surface area contributed by atoms with E-state index in [1.807, 2.05) is 19.9 Å². The largest absolute Gasteiger partial charge is 0.489 e. The third kappa shape index (κ3) is 7.65. The number of halogens is 3. The summed E-state index contributed by atoms with van der Waals surface area (Å²) in [6.07, 6.45) is 1.56. The molecule has 134 valence electrons. The van der Waals surface area contributed by atoms with E-state index in [2.05, 4.69) is 19.0 Å². The molecular formula is C17H22Cl3NO3. The van der Waals surface area contributed by atoms with Crippen molar-refractivity contribution in [1.29, 1.82) is 0 Å². The minimum Gasteiger partial charge on any atom is -0.489 e. The average molecular weight is 395 g/mol. The van der Waals surface area contributed by atoms with Crippen LogP contribution in [0.25, 0.3) is 0 Å². The number of hydrogen-bond acceptors (Lipinski definition) is 4. The van der Waals surface area contributed by atoms with E-state index in [0.29, 0.717) is 29.7 Å². The van der Waals surface area contributed by atoms with E-state index in [1.54, 1.807) is 12.1 Å². The fraction of sp³-hybridized carbons (Fsp3) is 0.471. The van der Waals surface area contributed by atoms with Gasteiger partial charge in [0.2, 0.25) is 0 Å². The highest BCUT2D eigenvalue weighted by atomic mass is 35.5. The Kier molecular flexibility index (Phi) is 9.34. The molecular weight excluding hydrogens is 373 g/mol. The lowest BCUT2D eigenvalue weighted by atomic mass is 10.0. The van der Waals surface area contributed by atoms with Crippen molar-refractivity contribution in [3.63, 3.8) is 0 Å². The fourth-order valence-corrected chi connectivity index (χ4v) is 2.21. The van der Waals surface area contributed by atoms with Crippen molar-refractivity contribution in [1.82, 2.24) is 0 Å². The number of nitrogens with zero attached hydrogens (tertiary/aromatic N) is 1. The van der Waals surface area contributed by atoms with Crippen molar-refractivity contribution in [2.45, 2.75) is 33.6 Å². The summed E-state index contributed by atoms with van der Waals surface area (Å²) in [5, 5.41) is 4.33. The molecule has 0 saturated carbocycles. The van der Waals surface area contributed by atoms with Gasteiger partial charge in [-0.25, -0.2) is 0 Å². The summed E-state index contributed by atoms with van der Waals surface area (Å²) in [4.78, 5) is 5.12. The van der Waals surface area contributed by atoms with E-state index >= 15 is 0 Å². The molecule has 4 nitrogen and oxygen atoms in total. The first-order valence-corrected chi connectivity index (χ1v) is 8.68. The van der Waals surface area contributed by atoms with Crippen LogP contribution in [0.4, 0.5) is 0 Å². The first-order valence-electron chi connectivity index (χ1n) is 7.54. The van der Waals surface area contributed by atoms with Crippen molar-refractivity contribution in [3.05, 3.63) is 33.3 Å². The maximum absolute atomic E-state index is 6.34. The van der Waals surface area contributed by atoms with E-state index in [0.717, 1.165) is 11.3 Å². The van der Waals surface area contributed by atoms with E-state index in [1.165, 1.54) is 0 Å². The zero-order chi connectivity index (χ0) is 18.1. The monoisotopic (exact) mass is 393 g/mol. The molecule has 0 unspecified atom stereocenters. The molecule has 0 bridgehead atoms. The van der Waals surface area contributed by atoms with Crippen LogP contribution in [0.5, 0.6) is 11.5 Å². The van der Waals surface area contributed by atoms with Gasteiger partial charge in [0, 0.05) is 11.6 Å². The molecule has 7 heteroatoms. The Morgan fingerprint density at radius 1 is 1.17 bits per heavy atom. The second-order valence-electron chi connectivity index (χ2n) is 5.50. The molecule has 0 N–H and O–H groups in total. The molecule has 1 aromatic carbocycles. The minimum absolute atomic E-state index is 0.162. The molecule has 0 atom stereocenters. The molecule has 1 aromatic rings. The zero-order valence-corrected chi connectivity index (χ0v) is 16.5. The van der Waals surface area contributed by atoms with Gasteiger partial charge < -0.3 is 14.3 Å². The molecule has 0 spiro atoms. The molecule has 0 fully saturated rings. The van der Waals surface area contributed by atoms with Gasteiger partial charge >= 0.3 is 0 Å². The van der Waals surface area contributed by atoms with Crippen molar-refractivity contribution in [2.75, 3.05) is 19.8 Å². The minimum atomic E-state index is 0.162. The van der Waals surface area contributed by atoms with Crippen molar-refractivity contribution >= 4 is 40.5 Å². The fourth-order valence-electron chi connectivity index (χ4n) is 1.81. The lowest BCUT2D eigenvalue weighted by Gasteiger charge is -2.17. The summed E-state index contributed by atoms with van der Waals surface area (Å²) in [5.41, 5.74) is 1.80. The van der Waals surface area contributed by atoms with E-state index in [4.69, 9.17) is 49.1 Å². The lowest BCUT2D eigenvalue weighted by Crippen LogP contribution is -2.08. The third-order valence-corrected chi connectivity index (χ3v) is 3.41. The molecule has 0 aliphatic carbocycles. The summed E-state index contributed by atoms with van der Waals surface area (Å²) in [7, 11) is 0. The van der Waals surface area contributed by atoms with Crippen LogP contribution in [0.1, 0.15) is 39.2 Å². The molecule has 0 radical (unpaired) electrons. The zero-order valence-electron chi connectivity index (χ0n) is 14.2. The number of ether oxygens (including phenoxy) is 2. The predicted molar refractivity (Wildman–Crippen MR) is 101 cm³/mol. The van der Waals surface area contributed by atoms with E-state index in [9.17, 15) is 0 Å². The average Bonchev–Trinajstić information content (AvgIpc) is 2.47. The van der Waals surface area contributed by atoms with Crippen LogP contribution in [0, 0.1) is 0 Å². The van der Waals surface area contributed by atoms with Crippen molar-refractivity contribution in [2.24, 2.45) is 5.16 Å². The van der Waals surface area contributed by atoms with Crippen LogP contribution >= 0.6 is 34.8 Å². The Hall–Kier alpha value is -1.10. The second kappa shape index (κ2) is 10.7. The Bertz CT molecular complexity index is 593. The first-order chi connectivity index (χ1) is 11.3. The van der Waals surface area contributed by atoms with Crippen LogP contribution in [0.3, 0.4) is 0 Å². The van der Waals surface area contributed by atoms with Crippen molar-refractivity contribution < 1.29 is 14.3 Å². The van der Waals surface area contributed by atoms with E-state index < -0.39 is 0 Å². The Morgan fingerprint density at radius 2 is 1.88 bits per heavy atom. The van der Waals surface area contributed by atoms with Crippen LogP contribution in [0.15, 0.2) is 27.9 Å². The van der Waals surface area contributed by atoms with Crippen LogP contribution in [0.2, 0.25) is 5.02 Å². The number of hydrogen-bond donors (Lipinski definition) is 0. The van der Waals surface area contributed by atoms with Gasteiger partial charge in [0.05, 0.1) is 10.7 Å². The Labute approximate surface area is 158 Å². The summed E-state index contributed by atoms with van der Waals surface area (Å²) in [5.74, 6) is 1.47. The normalized spacial score (nSPS) is 10.3. The highest BCUT2D eigenvalue weighted by Gasteiger charge is 2.15. The molecule has 0 aliphatic rings. The summed E-state index contributed by atoms with van der Waals surface area (Å²) >= 11 is 17.5. The molecule has 0 saturated heterocycles. The van der Waals surface area contributed by atoms with Gasteiger partial charge in [0.25, 0.3) is 0 Å². The predicted octanol–water partition coefficient (Wildman–Crippen LogP) is 5.95. The molecule has 0 aromatic heterocycles. The number of oxime groups is 1. The van der Waals surface area contributed by atoms with Crippen LogP contribution in [-0.4, -0.2) is 25.5 Å².